The van der Waals surface area contributed by atoms with Gasteiger partial charge in [0.05, 0.1) is 12.6 Å². The van der Waals surface area contributed by atoms with Crippen LogP contribution in [0.4, 0.5) is 4.39 Å². The molecule has 2 aliphatic rings. The predicted molar refractivity (Wildman–Crippen MR) is 107 cm³/mol. The van der Waals surface area contributed by atoms with Gasteiger partial charge >= 0.3 is 0 Å². The molecule has 2 atom stereocenters. The molecular weight excluding hydrogens is 371 g/mol. The molecule has 2 aromatic carbocycles. The first-order chi connectivity index (χ1) is 14.1. The van der Waals surface area contributed by atoms with Gasteiger partial charge in [-0.1, -0.05) is 24.3 Å². The van der Waals surface area contributed by atoms with Gasteiger partial charge in [0, 0.05) is 17.5 Å². The summed E-state index contributed by atoms with van der Waals surface area (Å²) in [6.07, 6.45) is 0.114. The zero-order valence-electron chi connectivity index (χ0n) is 16.3. The quantitative estimate of drug-likeness (QED) is 0.599. The molecule has 5 rings (SSSR count). The first-order valence-corrected chi connectivity index (χ1v) is 9.74. The van der Waals surface area contributed by atoms with Crippen LogP contribution in [-0.2, 0) is 0 Å². The molecule has 148 valence electrons. The van der Waals surface area contributed by atoms with Crippen LogP contribution in [0.3, 0.4) is 0 Å². The summed E-state index contributed by atoms with van der Waals surface area (Å²) in [6.45, 7) is 4.38. The highest BCUT2D eigenvalue weighted by molar-refractivity contribution is 5.99. The third-order valence-corrected chi connectivity index (χ3v) is 5.24. The number of furan rings is 1. The SMILES string of the molecule is CCOc1cccc2c1O[C@H](c1cccc(F)c1)N1N=C(c3ccc(C)o3)C[C@@H]21. The molecule has 6 heteroatoms. The first-order valence-electron chi connectivity index (χ1n) is 9.74. The maximum absolute atomic E-state index is 14.0. The minimum absolute atomic E-state index is 0.0483. The Kier molecular flexibility index (Phi) is 4.27. The second-order valence-electron chi connectivity index (χ2n) is 7.19. The van der Waals surface area contributed by atoms with Crippen molar-refractivity contribution in [1.82, 2.24) is 5.01 Å². The van der Waals surface area contributed by atoms with E-state index in [0.29, 0.717) is 30.1 Å². The molecule has 0 amide bonds. The van der Waals surface area contributed by atoms with Crippen LogP contribution >= 0.6 is 0 Å². The van der Waals surface area contributed by atoms with Gasteiger partial charge < -0.3 is 13.9 Å². The van der Waals surface area contributed by atoms with Gasteiger partial charge in [-0.25, -0.2) is 9.40 Å². The molecule has 5 nitrogen and oxygen atoms in total. The fraction of sp³-hybridized carbons (Fsp3) is 0.261. The summed E-state index contributed by atoms with van der Waals surface area (Å²) in [5.41, 5.74) is 2.56. The molecular formula is C23H21FN2O3. The van der Waals surface area contributed by atoms with Crippen molar-refractivity contribution < 1.29 is 18.3 Å². The molecule has 0 aliphatic carbocycles. The van der Waals surface area contributed by atoms with Crippen LogP contribution in [0.15, 0.2) is 64.1 Å². The molecule has 0 saturated carbocycles. The third kappa shape index (κ3) is 3.05. The largest absolute Gasteiger partial charge is 0.490 e. The van der Waals surface area contributed by atoms with Crippen molar-refractivity contribution in [2.75, 3.05) is 6.61 Å². The number of nitrogens with zero attached hydrogens (tertiary/aromatic N) is 2. The molecule has 3 heterocycles. The molecule has 0 bridgehead atoms. The number of para-hydroxylation sites is 1. The number of hydrazone groups is 1. The standard InChI is InChI=1S/C23H21FN2O3/c1-3-27-21-9-5-8-17-19-13-18(20-11-10-14(2)28-20)25-26(19)23(29-22(17)21)15-6-4-7-16(24)12-15/h4-12,19,23H,3,13H2,1-2H3/t19-,23+/m0/s1. The smallest absolute Gasteiger partial charge is 0.214 e. The Morgan fingerprint density at radius 3 is 2.79 bits per heavy atom. The van der Waals surface area contributed by atoms with Crippen molar-refractivity contribution in [3.8, 4) is 11.5 Å². The van der Waals surface area contributed by atoms with E-state index in [1.807, 2.05) is 55.3 Å². The average molecular weight is 392 g/mol. The Morgan fingerprint density at radius 1 is 1.17 bits per heavy atom. The lowest BCUT2D eigenvalue weighted by Gasteiger charge is -2.38. The number of hydrogen-bond acceptors (Lipinski definition) is 5. The van der Waals surface area contributed by atoms with E-state index in [2.05, 4.69) is 0 Å². The van der Waals surface area contributed by atoms with Crippen LogP contribution in [0.2, 0.25) is 0 Å². The monoisotopic (exact) mass is 392 g/mol. The van der Waals surface area contributed by atoms with E-state index < -0.39 is 6.23 Å². The van der Waals surface area contributed by atoms with Crippen LogP contribution in [-0.4, -0.2) is 17.3 Å². The summed E-state index contributed by atoms with van der Waals surface area (Å²) in [5, 5.41) is 6.73. The van der Waals surface area contributed by atoms with Crippen molar-refractivity contribution in [3.63, 3.8) is 0 Å². The number of aryl methyl sites for hydroxylation is 1. The summed E-state index contributed by atoms with van der Waals surface area (Å²) in [5.74, 6) is 2.66. The lowest BCUT2D eigenvalue weighted by Crippen LogP contribution is -2.34. The maximum atomic E-state index is 14.0. The van der Waals surface area contributed by atoms with Crippen LogP contribution in [0, 0.1) is 12.7 Å². The number of benzene rings is 2. The van der Waals surface area contributed by atoms with E-state index in [1.165, 1.54) is 12.1 Å². The number of rotatable bonds is 4. The summed E-state index contributed by atoms with van der Waals surface area (Å²) < 4.78 is 31.9. The highest BCUT2D eigenvalue weighted by atomic mass is 19.1. The van der Waals surface area contributed by atoms with Crippen molar-refractivity contribution in [1.29, 1.82) is 0 Å². The fourth-order valence-corrected chi connectivity index (χ4v) is 3.97. The van der Waals surface area contributed by atoms with E-state index in [0.717, 1.165) is 22.8 Å². The van der Waals surface area contributed by atoms with E-state index in [9.17, 15) is 4.39 Å². The van der Waals surface area contributed by atoms with E-state index >= 15 is 0 Å². The van der Waals surface area contributed by atoms with Crippen molar-refractivity contribution in [2.45, 2.75) is 32.5 Å². The van der Waals surface area contributed by atoms with Gasteiger partial charge in [0.2, 0.25) is 6.23 Å². The Labute approximate surface area is 168 Å². The van der Waals surface area contributed by atoms with E-state index in [-0.39, 0.29) is 11.9 Å². The van der Waals surface area contributed by atoms with Gasteiger partial charge in [0.15, 0.2) is 11.5 Å². The molecule has 0 radical (unpaired) electrons. The predicted octanol–water partition coefficient (Wildman–Crippen LogP) is 5.37. The number of fused-ring (bicyclic) bond motifs is 3. The molecule has 1 aromatic heterocycles. The fourth-order valence-electron chi connectivity index (χ4n) is 3.97. The van der Waals surface area contributed by atoms with Crippen LogP contribution in [0.1, 0.15) is 48.3 Å². The molecule has 0 N–H and O–H groups in total. The van der Waals surface area contributed by atoms with Crippen LogP contribution in [0.5, 0.6) is 11.5 Å². The van der Waals surface area contributed by atoms with Crippen molar-refractivity contribution >= 4 is 5.71 Å². The second-order valence-corrected chi connectivity index (χ2v) is 7.19. The maximum Gasteiger partial charge on any atom is 0.214 e. The van der Waals surface area contributed by atoms with Gasteiger partial charge in [0.1, 0.15) is 23.0 Å². The Bertz CT molecular complexity index is 1090. The normalized spacial score (nSPS) is 20.0. The van der Waals surface area contributed by atoms with Crippen LogP contribution < -0.4 is 9.47 Å². The molecule has 29 heavy (non-hydrogen) atoms. The number of halogens is 1. The summed E-state index contributed by atoms with van der Waals surface area (Å²) in [6, 6.07) is 16.1. The minimum atomic E-state index is -0.557. The summed E-state index contributed by atoms with van der Waals surface area (Å²) in [4.78, 5) is 0. The summed E-state index contributed by atoms with van der Waals surface area (Å²) >= 11 is 0. The molecule has 2 aliphatic heterocycles. The van der Waals surface area contributed by atoms with Gasteiger partial charge in [-0.15, -0.1) is 0 Å². The van der Waals surface area contributed by atoms with Crippen molar-refractivity contribution in [2.24, 2.45) is 5.10 Å². The van der Waals surface area contributed by atoms with E-state index in [1.54, 1.807) is 6.07 Å². The van der Waals surface area contributed by atoms with E-state index in [4.69, 9.17) is 19.0 Å². The first kappa shape index (κ1) is 17.8. The van der Waals surface area contributed by atoms with Gasteiger partial charge in [-0.05, 0) is 44.2 Å². The lowest BCUT2D eigenvalue weighted by atomic mass is 9.97. The number of hydrogen-bond donors (Lipinski definition) is 0. The Morgan fingerprint density at radius 2 is 2.03 bits per heavy atom. The highest BCUT2D eigenvalue weighted by Gasteiger charge is 2.42. The zero-order valence-corrected chi connectivity index (χ0v) is 16.3. The molecule has 0 unspecified atom stereocenters. The van der Waals surface area contributed by atoms with Gasteiger partial charge in [0.25, 0.3) is 0 Å². The highest BCUT2D eigenvalue weighted by Crippen LogP contribution is 2.50. The summed E-state index contributed by atoms with van der Waals surface area (Å²) in [7, 11) is 0. The van der Waals surface area contributed by atoms with Gasteiger partial charge in [-0.3, -0.25) is 0 Å². The third-order valence-electron chi connectivity index (χ3n) is 5.24. The lowest BCUT2D eigenvalue weighted by molar-refractivity contribution is -0.0214. The second kappa shape index (κ2) is 6.95. The molecule has 0 spiro atoms. The molecule has 0 saturated heterocycles. The van der Waals surface area contributed by atoms with Gasteiger partial charge in [-0.2, -0.15) is 5.10 Å². The topological polar surface area (TPSA) is 47.2 Å². The molecule has 0 fully saturated rings. The number of ether oxygens (including phenoxy) is 2. The zero-order chi connectivity index (χ0) is 20.0. The molecule has 3 aromatic rings. The van der Waals surface area contributed by atoms with Crippen molar-refractivity contribution in [3.05, 3.63) is 83.1 Å². The minimum Gasteiger partial charge on any atom is -0.490 e. The Hall–Kier alpha value is -3.28. The van der Waals surface area contributed by atoms with Crippen LogP contribution in [0.25, 0.3) is 0 Å². The Balaban J connectivity index is 1.62. The average Bonchev–Trinajstić information content (AvgIpc) is 3.34.